The minimum atomic E-state index is 0.0666. The molecule has 3 nitrogen and oxygen atoms in total. The third kappa shape index (κ3) is 7.63. The topological polar surface area (TPSA) is 55.1 Å². The van der Waals surface area contributed by atoms with Gasteiger partial charge in [0.05, 0.1) is 5.75 Å². The van der Waals surface area contributed by atoms with Gasteiger partial charge in [0.1, 0.15) is 0 Å². The number of carbonyl (C=O) groups excluding carboxylic acids is 1. The smallest absolute Gasteiger partial charge is 0.230 e. The number of nitrogens with one attached hydrogen (secondary N) is 1. The van der Waals surface area contributed by atoms with E-state index >= 15 is 0 Å². The number of hydrogen-bond donors (Lipinski definition) is 2. The van der Waals surface area contributed by atoms with Crippen molar-refractivity contribution in [2.45, 2.75) is 6.42 Å². The van der Waals surface area contributed by atoms with Crippen molar-refractivity contribution in [1.82, 2.24) is 5.32 Å². The van der Waals surface area contributed by atoms with Gasteiger partial charge >= 0.3 is 0 Å². The molecule has 0 aromatic carbocycles. The lowest BCUT2D eigenvalue weighted by Gasteiger charge is -2.00. The number of thioether (sulfide) groups is 1. The van der Waals surface area contributed by atoms with Crippen LogP contribution in [0.2, 0.25) is 0 Å². The van der Waals surface area contributed by atoms with Crippen molar-refractivity contribution >= 4 is 17.7 Å². The molecule has 3 N–H and O–H groups in total. The molecule has 12 heavy (non-hydrogen) atoms. The van der Waals surface area contributed by atoms with Crippen LogP contribution in [0.25, 0.3) is 0 Å². The van der Waals surface area contributed by atoms with Crippen molar-refractivity contribution in [3.05, 3.63) is 12.7 Å². The summed E-state index contributed by atoms with van der Waals surface area (Å²) in [6.45, 7) is 4.75. The van der Waals surface area contributed by atoms with Crippen molar-refractivity contribution < 1.29 is 4.79 Å². The maximum Gasteiger partial charge on any atom is 0.230 e. The summed E-state index contributed by atoms with van der Waals surface area (Å²) in [6.07, 6.45) is 2.64. The summed E-state index contributed by atoms with van der Waals surface area (Å²) in [7, 11) is 0. The normalized spacial score (nSPS) is 9.42. The molecule has 0 aliphatic carbocycles. The quantitative estimate of drug-likeness (QED) is 0.448. The number of amides is 1. The van der Waals surface area contributed by atoms with Crippen LogP contribution in [0.1, 0.15) is 6.42 Å². The largest absolute Gasteiger partial charge is 0.352 e. The molecule has 0 bridgehead atoms. The predicted molar refractivity (Wildman–Crippen MR) is 54.2 cm³/mol. The number of carbonyl (C=O) groups is 1. The lowest BCUT2D eigenvalue weighted by Crippen LogP contribution is -2.25. The molecule has 0 saturated carbocycles. The zero-order valence-corrected chi connectivity index (χ0v) is 8.03. The number of hydrogen-bond acceptors (Lipinski definition) is 3. The van der Waals surface area contributed by atoms with Crippen LogP contribution in [0.3, 0.4) is 0 Å². The Hall–Kier alpha value is -0.480. The third-order valence-electron chi connectivity index (χ3n) is 1.17. The fourth-order valence-electron chi connectivity index (χ4n) is 0.587. The van der Waals surface area contributed by atoms with Crippen LogP contribution in [-0.2, 0) is 4.79 Å². The third-order valence-corrected chi connectivity index (χ3v) is 2.21. The highest BCUT2D eigenvalue weighted by molar-refractivity contribution is 7.99. The standard InChI is InChI=1S/C8H16N2OS/c1-2-5-10-8(11)7-12-6-3-4-9/h2H,1,3-7,9H2,(H,10,11). The zero-order chi connectivity index (χ0) is 9.23. The minimum Gasteiger partial charge on any atom is -0.352 e. The van der Waals surface area contributed by atoms with E-state index in [1.807, 2.05) is 0 Å². The van der Waals surface area contributed by atoms with Crippen LogP contribution < -0.4 is 11.1 Å². The van der Waals surface area contributed by atoms with Crippen LogP contribution in [0, 0.1) is 0 Å². The first-order valence-corrected chi connectivity index (χ1v) is 5.12. The van der Waals surface area contributed by atoms with Gasteiger partial charge in [0.25, 0.3) is 0 Å². The highest BCUT2D eigenvalue weighted by Crippen LogP contribution is 2.00. The second-order valence-corrected chi connectivity index (χ2v) is 3.39. The lowest BCUT2D eigenvalue weighted by molar-refractivity contribution is -0.118. The first kappa shape index (κ1) is 11.5. The van der Waals surface area contributed by atoms with Gasteiger partial charge in [0.15, 0.2) is 0 Å². The Kier molecular flexibility index (Phi) is 8.27. The van der Waals surface area contributed by atoms with Gasteiger partial charge in [0.2, 0.25) is 5.91 Å². The molecule has 0 radical (unpaired) electrons. The molecule has 0 spiro atoms. The molecule has 0 aliphatic rings. The molecule has 0 unspecified atom stereocenters. The summed E-state index contributed by atoms with van der Waals surface area (Å²) in [5.74, 6) is 1.54. The maximum atomic E-state index is 11.0. The van der Waals surface area contributed by atoms with E-state index in [4.69, 9.17) is 5.73 Å². The fraction of sp³-hybridized carbons (Fsp3) is 0.625. The Bertz CT molecular complexity index is 139. The Labute approximate surface area is 77.8 Å². The van der Waals surface area contributed by atoms with Crippen molar-refractivity contribution in [3.8, 4) is 0 Å². The van der Waals surface area contributed by atoms with Crippen LogP contribution in [0.15, 0.2) is 12.7 Å². The van der Waals surface area contributed by atoms with Crippen LogP contribution >= 0.6 is 11.8 Å². The minimum absolute atomic E-state index is 0.0666. The second-order valence-electron chi connectivity index (χ2n) is 2.29. The van der Waals surface area contributed by atoms with Gasteiger partial charge in [-0.1, -0.05) is 6.08 Å². The van der Waals surface area contributed by atoms with E-state index in [0.717, 1.165) is 12.2 Å². The molecular formula is C8H16N2OS. The van der Waals surface area contributed by atoms with E-state index in [9.17, 15) is 4.79 Å². The van der Waals surface area contributed by atoms with Crippen molar-refractivity contribution in [1.29, 1.82) is 0 Å². The van der Waals surface area contributed by atoms with Crippen molar-refractivity contribution in [2.24, 2.45) is 5.73 Å². The van der Waals surface area contributed by atoms with E-state index < -0.39 is 0 Å². The molecule has 0 heterocycles. The molecule has 0 fully saturated rings. The molecule has 0 aromatic rings. The molecule has 0 atom stereocenters. The van der Waals surface area contributed by atoms with E-state index in [0.29, 0.717) is 18.8 Å². The Morgan fingerprint density at radius 3 is 3.00 bits per heavy atom. The summed E-state index contributed by atoms with van der Waals surface area (Å²) < 4.78 is 0. The SMILES string of the molecule is C=CCNC(=O)CSCCCN. The Morgan fingerprint density at radius 1 is 1.67 bits per heavy atom. The average Bonchev–Trinajstić information content (AvgIpc) is 2.09. The van der Waals surface area contributed by atoms with Gasteiger partial charge in [-0.25, -0.2) is 0 Å². The maximum absolute atomic E-state index is 11.0. The molecule has 70 valence electrons. The Balaban J connectivity index is 3.13. The van der Waals surface area contributed by atoms with E-state index in [1.165, 1.54) is 0 Å². The van der Waals surface area contributed by atoms with Crippen LogP contribution in [0.5, 0.6) is 0 Å². The highest BCUT2D eigenvalue weighted by Gasteiger charge is 1.97. The van der Waals surface area contributed by atoms with Gasteiger partial charge < -0.3 is 11.1 Å². The molecule has 1 amide bonds. The summed E-state index contributed by atoms with van der Waals surface area (Å²) in [5, 5.41) is 2.70. The summed E-state index contributed by atoms with van der Waals surface area (Å²) in [5.41, 5.74) is 5.30. The predicted octanol–water partition coefficient (Wildman–Crippen LogP) is 0.371. The van der Waals surface area contributed by atoms with Crippen molar-refractivity contribution in [3.63, 3.8) is 0 Å². The average molecular weight is 188 g/mol. The number of nitrogens with two attached hydrogens (primary N) is 1. The monoisotopic (exact) mass is 188 g/mol. The first-order chi connectivity index (χ1) is 5.81. The van der Waals surface area contributed by atoms with Crippen molar-refractivity contribution in [2.75, 3.05) is 24.6 Å². The van der Waals surface area contributed by atoms with Gasteiger partial charge in [-0.05, 0) is 18.7 Å². The number of rotatable bonds is 7. The zero-order valence-electron chi connectivity index (χ0n) is 7.21. The molecule has 4 heteroatoms. The summed E-state index contributed by atoms with van der Waals surface area (Å²) in [6, 6.07) is 0. The lowest BCUT2D eigenvalue weighted by atomic mass is 10.5. The first-order valence-electron chi connectivity index (χ1n) is 3.96. The molecular weight excluding hydrogens is 172 g/mol. The van der Waals surface area contributed by atoms with Gasteiger partial charge in [0, 0.05) is 6.54 Å². The van der Waals surface area contributed by atoms with Gasteiger partial charge in [-0.3, -0.25) is 4.79 Å². The summed E-state index contributed by atoms with van der Waals surface area (Å²) in [4.78, 5) is 11.0. The van der Waals surface area contributed by atoms with E-state index in [1.54, 1.807) is 17.8 Å². The molecule has 0 aliphatic heterocycles. The molecule has 0 aromatic heterocycles. The Morgan fingerprint density at radius 2 is 2.42 bits per heavy atom. The summed E-state index contributed by atoms with van der Waals surface area (Å²) >= 11 is 1.61. The molecule has 0 rings (SSSR count). The van der Waals surface area contributed by atoms with Gasteiger partial charge in [-0.15, -0.1) is 6.58 Å². The highest BCUT2D eigenvalue weighted by atomic mass is 32.2. The fourth-order valence-corrected chi connectivity index (χ4v) is 1.39. The van der Waals surface area contributed by atoms with Gasteiger partial charge in [-0.2, -0.15) is 11.8 Å². The van der Waals surface area contributed by atoms with Crippen LogP contribution in [0.4, 0.5) is 0 Å². The van der Waals surface area contributed by atoms with E-state index in [2.05, 4.69) is 11.9 Å². The molecule has 0 saturated heterocycles. The second kappa shape index (κ2) is 8.62. The van der Waals surface area contributed by atoms with Crippen LogP contribution in [-0.4, -0.2) is 30.5 Å². The van der Waals surface area contributed by atoms with E-state index in [-0.39, 0.29) is 5.91 Å².